The molecule has 2 heterocycles. The first-order chi connectivity index (χ1) is 7.20. The minimum absolute atomic E-state index is 0. The van der Waals surface area contributed by atoms with E-state index in [4.69, 9.17) is 5.73 Å². The molecule has 0 aliphatic heterocycles. The molecule has 0 radical (unpaired) electrons. The number of aromatic carboxylic acids is 1. The van der Waals surface area contributed by atoms with E-state index in [2.05, 4.69) is 15.1 Å². The second kappa shape index (κ2) is 5.06. The number of rotatable bonds is 2. The first-order valence-corrected chi connectivity index (χ1v) is 4.00. The van der Waals surface area contributed by atoms with Crippen LogP contribution in [0.2, 0.25) is 0 Å². The molecule has 0 saturated carbocycles. The maximum Gasteiger partial charge on any atom is 1.00 e. The van der Waals surface area contributed by atoms with Crippen LogP contribution in [0, 0.1) is 0 Å². The number of carboxylic acid groups (broad SMARTS) is 1. The Labute approximate surface area is 113 Å². The van der Waals surface area contributed by atoms with Gasteiger partial charge in [0.2, 0.25) is 0 Å². The molecular formula is C8H6N5NaO2. The number of nitrogens with two attached hydrogens (primary N) is 1. The Bertz CT molecular complexity index is 498. The molecule has 2 aromatic heterocycles. The summed E-state index contributed by atoms with van der Waals surface area (Å²) in [5, 5.41) is 14.4. The molecule has 2 N–H and O–H groups in total. The minimum atomic E-state index is -1.37. The summed E-state index contributed by atoms with van der Waals surface area (Å²) in [7, 11) is 0. The van der Waals surface area contributed by atoms with E-state index in [1.54, 1.807) is 0 Å². The predicted molar refractivity (Wildman–Crippen MR) is 47.9 cm³/mol. The average Bonchev–Trinajstić information content (AvgIpc) is 2.61. The second-order valence-electron chi connectivity index (χ2n) is 2.74. The standard InChI is InChI=1S/C8H7N5O2.Na/c9-7-6(8(14)15)3-12-13(7)5-1-10-4-11-2-5;/h1-4H,9H2,(H,14,15);/q;+1/p-1. The maximum atomic E-state index is 10.6. The van der Waals surface area contributed by atoms with Gasteiger partial charge in [0, 0.05) is 0 Å². The zero-order valence-electron chi connectivity index (χ0n) is 8.49. The van der Waals surface area contributed by atoms with Crippen molar-refractivity contribution in [2.75, 3.05) is 5.73 Å². The Balaban J connectivity index is 0.00000128. The number of hydrogen-bond donors (Lipinski definition) is 1. The van der Waals surface area contributed by atoms with Gasteiger partial charge in [-0.2, -0.15) is 5.10 Å². The van der Waals surface area contributed by atoms with Crippen molar-refractivity contribution in [3.05, 3.63) is 30.5 Å². The van der Waals surface area contributed by atoms with Crippen molar-refractivity contribution in [3.8, 4) is 5.69 Å². The van der Waals surface area contributed by atoms with Crippen LogP contribution in [-0.4, -0.2) is 25.7 Å². The van der Waals surface area contributed by atoms with Crippen LogP contribution in [0.1, 0.15) is 10.4 Å². The van der Waals surface area contributed by atoms with Crippen molar-refractivity contribution in [2.45, 2.75) is 0 Å². The van der Waals surface area contributed by atoms with Crippen molar-refractivity contribution in [2.24, 2.45) is 0 Å². The first kappa shape index (κ1) is 12.6. The molecule has 0 atom stereocenters. The minimum Gasteiger partial charge on any atom is -0.545 e. The van der Waals surface area contributed by atoms with Crippen molar-refractivity contribution in [3.63, 3.8) is 0 Å². The number of anilines is 1. The van der Waals surface area contributed by atoms with Crippen LogP contribution in [0.25, 0.3) is 5.69 Å². The van der Waals surface area contributed by atoms with Gasteiger partial charge < -0.3 is 15.6 Å². The summed E-state index contributed by atoms with van der Waals surface area (Å²) in [6, 6.07) is 0. The molecule has 7 nitrogen and oxygen atoms in total. The molecule has 0 fully saturated rings. The molecule has 0 spiro atoms. The monoisotopic (exact) mass is 227 g/mol. The molecule has 76 valence electrons. The Kier molecular flexibility index (Phi) is 3.99. The molecule has 0 bridgehead atoms. The number of hydrogen-bond acceptors (Lipinski definition) is 6. The average molecular weight is 227 g/mol. The zero-order valence-corrected chi connectivity index (χ0v) is 10.5. The Morgan fingerprint density at radius 1 is 1.31 bits per heavy atom. The van der Waals surface area contributed by atoms with Crippen molar-refractivity contribution < 1.29 is 39.5 Å². The van der Waals surface area contributed by atoms with Gasteiger partial charge in [0.15, 0.2) is 0 Å². The Morgan fingerprint density at radius 2 is 1.94 bits per heavy atom. The third-order valence-electron chi connectivity index (χ3n) is 1.82. The van der Waals surface area contributed by atoms with Gasteiger partial charge in [0.1, 0.15) is 17.8 Å². The summed E-state index contributed by atoms with van der Waals surface area (Å²) in [5.74, 6) is -1.37. The van der Waals surface area contributed by atoms with Crippen LogP contribution in [0.3, 0.4) is 0 Å². The van der Waals surface area contributed by atoms with Gasteiger partial charge in [0.25, 0.3) is 0 Å². The fourth-order valence-corrected chi connectivity index (χ4v) is 1.12. The van der Waals surface area contributed by atoms with Crippen molar-refractivity contribution >= 4 is 11.8 Å². The van der Waals surface area contributed by atoms with Crippen molar-refractivity contribution in [1.82, 2.24) is 19.7 Å². The van der Waals surface area contributed by atoms with E-state index in [-0.39, 0.29) is 40.9 Å². The van der Waals surface area contributed by atoms with Gasteiger partial charge in [-0.05, 0) is 0 Å². The molecule has 0 aliphatic carbocycles. The van der Waals surface area contributed by atoms with Gasteiger partial charge in [0.05, 0.1) is 30.1 Å². The third-order valence-corrected chi connectivity index (χ3v) is 1.82. The van der Waals surface area contributed by atoms with E-state index >= 15 is 0 Å². The van der Waals surface area contributed by atoms with Crippen LogP contribution in [0.5, 0.6) is 0 Å². The zero-order chi connectivity index (χ0) is 10.8. The quantitative estimate of drug-likeness (QED) is 0.519. The van der Waals surface area contributed by atoms with Crippen LogP contribution in [0.4, 0.5) is 5.82 Å². The van der Waals surface area contributed by atoms with E-state index in [0.717, 1.165) is 6.20 Å². The molecule has 8 heteroatoms. The number of nitrogens with zero attached hydrogens (tertiary/aromatic N) is 4. The molecule has 2 aromatic rings. The smallest absolute Gasteiger partial charge is 0.545 e. The predicted octanol–water partition coefficient (Wildman–Crippen LogP) is -4.39. The molecule has 0 unspecified atom stereocenters. The summed E-state index contributed by atoms with van der Waals surface area (Å²) in [6.07, 6.45) is 5.41. The number of carbonyl (C=O) groups is 1. The fraction of sp³-hybridized carbons (Fsp3) is 0. The van der Waals surface area contributed by atoms with Gasteiger partial charge in [-0.3, -0.25) is 0 Å². The van der Waals surface area contributed by atoms with Gasteiger partial charge in [-0.15, -0.1) is 0 Å². The number of aromatic nitrogens is 4. The van der Waals surface area contributed by atoms with E-state index in [0.29, 0.717) is 5.69 Å². The number of carboxylic acids is 1. The molecule has 0 aliphatic rings. The molecule has 0 saturated heterocycles. The molecule has 0 aromatic carbocycles. The molecule has 16 heavy (non-hydrogen) atoms. The SMILES string of the molecule is Nc1c(C(=O)[O-])cnn1-c1cncnc1.[Na+]. The van der Waals surface area contributed by atoms with Gasteiger partial charge in [-0.1, -0.05) is 0 Å². The van der Waals surface area contributed by atoms with Crippen LogP contribution in [-0.2, 0) is 0 Å². The van der Waals surface area contributed by atoms with E-state index in [1.165, 1.54) is 23.4 Å². The molecule has 2 rings (SSSR count). The van der Waals surface area contributed by atoms with E-state index in [1.807, 2.05) is 0 Å². The Hall–Kier alpha value is -1.44. The number of carbonyl (C=O) groups excluding carboxylic acids is 1. The van der Waals surface area contributed by atoms with Crippen LogP contribution in [0.15, 0.2) is 24.9 Å². The van der Waals surface area contributed by atoms with E-state index < -0.39 is 5.97 Å². The number of nitrogen functional groups attached to an aromatic ring is 1. The van der Waals surface area contributed by atoms with Gasteiger partial charge >= 0.3 is 29.6 Å². The van der Waals surface area contributed by atoms with Crippen molar-refractivity contribution in [1.29, 1.82) is 0 Å². The largest absolute Gasteiger partial charge is 1.00 e. The summed E-state index contributed by atoms with van der Waals surface area (Å²) >= 11 is 0. The third kappa shape index (κ3) is 2.21. The molecule has 0 amide bonds. The van der Waals surface area contributed by atoms with Gasteiger partial charge in [-0.25, -0.2) is 14.6 Å². The van der Waals surface area contributed by atoms with Crippen LogP contribution < -0.4 is 40.4 Å². The maximum absolute atomic E-state index is 10.6. The molecular weight excluding hydrogens is 221 g/mol. The van der Waals surface area contributed by atoms with Crippen LogP contribution >= 0.6 is 0 Å². The Morgan fingerprint density at radius 3 is 2.44 bits per heavy atom. The first-order valence-electron chi connectivity index (χ1n) is 4.00. The second-order valence-corrected chi connectivity index (χ2v) is 2.74. The van der Waals surface area contributed by atoms with E-state index in [9.17, 15) is 9.90 Å². The summed E-state index contributed by atoms with van der Waals surface area (Å²) in [4.78, 5) is 18.1. The fourth-order valence-electron chi connectivity index (χ4n) is 1.12. The summed E-state index contributed by atoms with van der Waals surface area (Å²) in [5.41, 5.74) is 5.89. The summed E-state index contributed by atoms with van der Waals surface area (Å²) < 4.78 is 1.23. The normalized spacial score (nSPS) is 9.50. The topological polar surface area (TPSA) is 110 Å². The summed E-state index contributed by atoms with van der Waals surface area (Å²) in [6.45, 7) is 0.